The monoisotopic (exact) mass is 603 g/mol. The number of nitrogens with zero attached hydrogens (tertiary/aromatic N) is 5. The number of alkyl halides is 3. The number of aromatic nitrogens is 3. The predicted molar refractivity (Wildman–Crippen MR) is 150 cm³/mol. The Morgan fingerprint density at radius 1 is 1.21 bits per heavy atom. The maximum Gasteiger partial charge on any atom is 0.433 e. The van der Waals surface area contributed by atoms with E-state index in [0.717, 1.165) is 29.5 Å². The summed E-state index contributed by atoms with van der Waals surface area (Å²) in [5.41, 5.74) is 2.03. The van der Waals surface area contributed by atoms with Crippen LogP contribution in [0.3, 0.4) is 0 Å². The van der Waals surface area contributed by atoms with Gasteiger partial charge in [-0.1, -0.05) is 6.07 Å². The van der Waals surface area contributed by atoms with Gasteiger partial charge in [0, 0.05) is 36.6 Å². The SMILES string of the molecule is CC1CN(c2nc(=O)[nH]c3cc(-c4ccc(F)c5sc(N)c(C#N)c45)c(C(F)(F)F)nc23)CCN1C(=O)OC(C)(C)C. The van der Waals surface area contributed by atoms with Crippen molar-refractivity contribution < 1.29 is 27.1 Å². The zero-order chi connectivity index (χ0) is 30.7. The molecule has 1 aromatic carbocycles. The van der Waals surface area contributed by atoms with Crippen LogP contribution < -0.4 is 16.3 Å². The molecule has 1 fully saturated rings. The number of rotatable bonds is 2. The van der Waals surface area contributed by atoms with E-state index in [1.165, 1.54) is 4.90 Å². The number of H-pyrrole nitrogens is 1. The summed E-state index contributed by atoms with van der Waals surface area (Å²) in [6, 6.07) is 4.64. The maximum absolute atomic E-state index is 14.6. The van der Waals surface area contributed by atoms with Crippen LogP contribution in [0, 0.1) is 17.1 Å². The quantitative estimate of drug-likeness (QED) is 0.296. The van der Waals surface area contributed by atoms with Crippen molar-refractivity contribution in [2.45, 2.75) is 45.5 Å². The number of amides is 1. The van der Waals surface area contributed by atoms with Crippen molar-refractivity contribution in [2.75, 3.05) is 30.3 Å². The molecule has 3 N–H and O–H groups in total. The van der Waals surface area contributed by atoms with Crippen LogP contribution in [0.15, 0.2) is 23.0 Å². The maximum atomic E-state index is 14.6. The molecular weight excluding hydrogens is 578 g/mol. The van der Waals surface area contributed by atoms with Gasteiger partial charge in [0.25, 0.3) is 0 Å². The van der Waals surface area contributed by atoms with Crippen LogP contribution in [-0.4, -0.2) is 57.2 Å². The first-order valence-corrected chi connectivity index (χ1v) is 13.6. The standard InChI is InChI=1S/C27H25F4N7O3S/c1-12-11-37(7-8-38(12)25(40)41-26(2,3)4)23-19-17(34-24(39)36-23)9-14(21(35-19)27(29,30)31)13-5-6-16(28)20-18(13)15(10-32)22(33)42-20/h5-6,9,12H,7-8,11,33H2,1-4H3,(H,34,36,39). The average molecular weight is 604 g/mol. The fourth-order valence-electron chi connectivity index (χ4n) is 4.98. The van der Waals surface area contributed by atoms with E-state index in [2.05, 4.69) is 15.0 Å². The van der Waals surface area contributed by atoms with Crippen molar-refractivity contribution in [3.8, 4) is 17.2 Å². The Bertz CT molecular complexity index is 1840. The molecule has 1 atom stereocenters. The molecule has 4 heterocycles. The zero-order valence-corrected chi connectivity index (χ0v) is 23.7. The van der Waals surface area contributed by atoms with Gasteiger partial charge < -0.3 is 25.3 Å². The number of nitrogen functional groups attached to an aromatic ring is 1. The lowest BCUT2D eigenvalue weighted by molar-refractivity contribution is -0.140. The van der Waals surface area contributed by atoms with Crippen LogP contribution in [0.2, 0.25) is 0 Å². The Kier molecular flexibility index (Phi) is 7.00. The summed E-state index contributed by atoms with van der Waals surface area (Å²) < 4.78 is 63.6. The molecule has 3 aromatic heterocycles. The summed E-state index contributed by atoms with van der Waals surface area (Å²) in [5.74, 6) is -0.822. The molecule has 1 aliphatic heterocycles. The van der Waals surface area contributed by atoms with Crippen molar-refractivity contribution in [1.29, 1.82) is 5.26 Å². The van der Waals surface area contributed by atoms with Gasteiger partial charge in [-0.2, -0.15) is 23.4 Å². The highest BCUT2D eigenvalue weighted by atomic mass is 32.1. The van der Waals surface area contributed by atoms with Crippen LogP contribution in [0.5, 0.6) is 0 Å². The topological polar surface area (TPSA) is 141 Å². The normalized spacial score (nSPS) is 16.2. The number of nitrogens with one attached hydrogen (secondary N) is 1. The Hall–Kier alpha value is -4.45. The number of halogens is 4. The molecule has 42 heavy (non-hydrogen) atoms. The molecule has 1 unspecified atom stereocenters. The van der Waals surface area contributed by atoms with Gasteiger partial charge in [0.05, 0.1) is 15.8 Å². The molecule has 0 saturated carbocycles. The smallest absolute Gasteiger partial charge is 0.433 e. The summed E-state index contributed by atoms with van der Waals surface area (Å²) in [6.45, 7) is 7.43. The highest BCUT2D eigenvalue weighted by Gasteiger charge is 2.38. The first-order chi connectivity index (χ1) is 19.6. The van der Waals surface area contributed by atoms with Gasteiger partial charge in [0.2, 0.25) is 0 Å². The van der Waals surface area contributed by atoms with Crippen molar-refractivity contribution in [3.63, 3.8) is 0 Å². The molecule has 10 nitrogen and oxygen atoms in total. The minimum absolute atomic E-state index is 0.0410. The van der Waals surface area contributed by atoms with Gasteiger partial charge >= 0.3 is 18.0 Å². The second kappa shape index (κ2) is 10.1. The molecule has 1 saturated heterocycles. The number of hydrogen-bond acceptors (Lipinski definition) is 9. The number of nitrogens with two attached hydrogens (primary N) is 1. The van der Waals surface area contributed by atoms with Gasteiger partial charge in [-0.3, -0.25) is 0 Å². The van der Waals surface area contributed by atoms with Gasteiger partial charge in [-0.25, -0.2) is 19.0 Å². The lowest BCUT2D eigenvalue weighted by Crippen LogP contribution is -2.55. The molecule has 0 bridgehead atoms. The minimum atomic E-state index is -4.98. The van der Waals surface area contributed by atoms with E-state index < -0.39 is 46.7 Å². The number of piperazine rings is 1. The Morgan fingerprint density at radius 2 is 1.93 bits per heavy atom. The highest BCUT2D eigenvalue weighted by molar-refractivity contribution is 7.23. The Morgan fingerprint density at radius 3 is 2.55 bits per heavy atom. The number of hydrogen-bond donors (Lipinski definition) is 2. The Labute approximate surface area is 240 Å². The fourth-order valence-corrected chi connectivity index (χ4v) is 5.93. The first kappa shape index (κ1) is 29.1. The number of anilines is 2. The fraction of sp³-hybridized carbons (Fsp3) is 0.370. The molecule has 220 valence electrons. The molecular formula is C27H25F4N7O3S. The average Bonchev–Trinajstić information content (AvgIpc) is 3.22. The largest absolute Gasteiger partial charge is 0.444 e. The van der Waals surface area contributed by atoms with Crippen molar-refractivity contribution in [3.05, 3.63) is 45.8 Å². The summed E-state index contributed by atoms with van der Waals surface area (Å²) in [4.78, 5) is 38.7. The van der Waals surface area contributed by atoms with E-state index in [-0.39, 0.29) is 62.7 Å². The van der Waals surface area contributed by atoms with Gasteiger partial charge in [0.15, 0.2) is 11.5 Å². The third-order valence-corrected chi connectivity index (χ3v) is 7.75. The van der Waals surface area contributed by atoms with Crippen LogP contribution in [0.25, 0.3) is 32.2 Å². The van der Waals surface area contributed by atoms with Gasteiger partial charge in [-0.15, -0.1) is 11.3 Å². The van der Waals surface area contributed by atoms with Crippen molar-refractivity contribution in [1.82, 2.24) is 19.9 Å². The summed E-state index contributed by atoms with van der Waals surface area (Å²) in [7, 11) is 0. The summed E-state index contributed by atoms with van der Waals surface area (Å²) >= 11 is 0.752. The van der Waals surface area contributed by atoms with Crippen LogP contribution >= 0.6 is 11.3 Å². The number of aromatic amines is 1. The van der Waals surface area contributed by atoms with Crippen molar-refractivity contribution in [2.24, 2.45) is 0 Å². The minimum Gasteiger partial charge on any atom is -0.444 e. The molecule has 5 rings (SSSR count). The number of fused-ring (bicyclic) bond motifs is 2. The van der Waals surface area contributed by atoms with Crippen molar-refractivity contribution >= 4 is 49.4 Å². The third kappa shape index (κ3) is 5.18. The molecule has 4 aromatic rings. The van der Waals surface area contributed by atoms with Crippen LogP contribution in [0.4, 0.5) is 33.2 Å². The lowest BCUT2D eigenvalue weighted by atomic mass is 9.97. The van der Waals surface area contributed by atoms with E-state index in [1.54, 1.807) is 32.6 Å². The van der Waals surface area contributed by atoms with Crippen LogP contribution in [-0.2, 0) is 10.9 Å². The number of carbonyl (C=O) groups excluding carboxylic acids is 1. The van der Waals surface area contributed by atoms with E-state index in [1.807, 2.05) is 6.07 Å². The molecule has 15 heteroatoms. The molecule has 0 radical (unpaired) electrons. The second-order valence-electron chi connectivity index (χ2n) is 10.9. The lowest BCUT2D eigenvalue weighted by Gasteiger charge is -2.40. The predicted octanol–water partition coefficient (Wildman–Crippen LogP) is 5.26. The zero-order valence-electron chi connectivity index (χ0n) is 22.9. The summed E-state index contributed by atoms with van der Waals surface area (Å²) in [5, 5.41) is 9.52. The number of thiophene rings is 1. The molecule has 0 spiro atoms. The van der Waals surface area contributed by atoms with E-state index >= 15 is 0 Å². The van der Waals surface area contributed by atoms with E-state index in [9.17, 15) is 32.4 Å². The molecule has 1 aliphatic rings. The molecule has 1 amide bonds. The third-order valence-electron chi connectivity index (χ3n) is 6.73. The Balaban J connectivity index is 1.66. The highest BCUT2D eigenvalue weighted by Crippen LogP contribution is 2.45. The van der Waals surface area contributed by atoms with E-state index in [0.29, 0.717) is 0 Å². The molecule has 0 aliphatic carbocycles. The number of ether oxygens (including phenoxy) is 1. The first-order valence-electron chi connectivity index (χ1n) is 12.8. The van der Waals surface area contributed by atoms with Crippen LogP contribution in [0.1, 0.15) is 39.0 Å². The number of carbonyl (C=O) groups is 1. The number of pyridine rings is 1. The van der Waals surface area contributed by atoms with Gasteiger partial charge in [0.1, 0.15) is 28.0 Å². The number of benzene rings is 1. The summed E-state index contributed by atoms with van der Waals surface area (Å²) in [6.07, 6.45) is -5.51. The van der Waals surface area contributed by atoms with Gasteiger partial charge in [-0.05, 0) is 45.4 Å². The second-order valence-corrected chi connectivity index (χ2v) is 11.9. The van der Waals surface area contributed by atoms with E-state index in [4.69, 9.17) is 10.5 Å². The number of nitriles is 1.